The summed E-state index contributed by atoms with van der Waals surface area (Å²) < 4.78 is 1.73. The number of benzene rings is 1. The molecule has 0 saturated carbocycles. The van der Waals surface area contributed by atoms with E-state index in [4.69, 9.17) is 5.73 Å². The fourth-order valence-corrected chi connectivity index (χ4v) is 1.34. The van der Waals surface area contributed by atoms with Crippen molar-refractivity contribution in [3.63, 3.8) is 0 Å². The lowest BCUT2D eigenvalue weighted by Gasteiger charge is -2.10. The van der Waals surface area contributed by atoms with Crippen LogP contribution in [-0.4, -0.2) is 15.0 Å². The smallest absolute Gasteiger partial charge is 0.0692 e. The Morgan fingerprint density at radius 1 is 1.19 bits per heavy atom. The average molecular weight is 261 g/mol. The van der Waals surface area contributed by atoms with E-state index in [1.54, 1.807) is 10.9 Å². The van der Waals surface area contributed by atoms with Crippen LogP contribution in [0, 0.1) is 0 Å². The van der Waals surface area contributed by atoms with Crippen molar-refractivity contribution in [1.29, 1.82) is 0 Å². The molecule has 2 rings (SSSR count). The van der Waals surface area contributed by atoms with E-state index in [2.05, 4.69) is 10.3 Å². The molecule has 1 heterocycles. The monoisotopic (exact) mass is 260 g/mol. The van der Waals surface area contributed by atoms with E-state index < -0.39 is 0 Å². The Labute approximate surface area is 107 Å². The minimum absolute atomic E-state index is 0. The Morgan fingerprint density at radius 3 is 2.44 bits per heavy atom. The summed E-state index contributed by atoms with van der Waals surface area (Å²) in [6.45, 7) is 0.657. The van der Waals surface area contributed by atoms with Crippen molar-refractivity contribution in [3.05, 3.63) is 48.3 Å². The number of nitrogens with zero attached hydrogens (tertiary/aromatic N) is 3. The molecular formula is C10H14Cl2N4. The summed E-state index contributed by atoms with van der Waals surface area (Å²) in [5.41, 5.74) is 7.11. The van der Waals surface area contributed by atoms with Gasteiger partial charge in [0.1, 0.15) is 0 Å². The third kappa shape index (κ3) is 3.81. The van der Waals surface area contributed by atoms with Crippen LogP contribution in [0.15, 0.2) is 42.7 Å². The first kappa shape index (κ1) is 14.9. The van der Waals surface area contributed by atoms with Gasteiger partial charge in [-0.25, -0.2) is 0 Å². The SMILES string of the molecule is Cl.Cl.NC(Cn1ccnn1)c1ccccc1. The first-order valence-corrected chi connectivity index (χ1v) is 4.51. The van der Waals surface area contributed by atoms with Crippen molar-refractivity contribution in [2.45, 2.75) is 12.6 Å². The molecule has 1 aromatic carbocycles. The minimum atomic E-state index is -0.0297. The molecule has 2 N–H and O–H groups in total. The number of hydrogen-bond donors (Lipinski definition) is 1. The van der Waals surface area contributed by atoms with Gasteiger partial charge in [-0.2, -0.15) is 0 Å². The molecule has 0 radical (unpaired) electrons. The molecule has 0 fully saturated rings. The van der Waals surface area contributed by atoms with Gasteiger partial charge < -0.3 is 5.73 Å². The van der Waals surface area contributed by atoms with Gasteiger partial charge in [-0.15, -0.1) is 29.9 Å². The van der Waals surface area contributed by atoms with Gasteiger partial charge in [-0.05, 0) is 5.56 Å². The maximum absolute atomic E-state index is 6.00. The van der Waals surface area contributed by atoms with Gasteiger partial charge in [0.25, 0.3) is 0 Å². The zero-order chi connectivity index (χ0) is 9.80. The molecule has 0 saturated heterocycles. The molecule has 0 spiro atoms. The Kier molecular flexibility index (Phi) is 6.72. The molecule has 1 atom stereocenters. The molecule has 0 aliphatic rings. The van der Waals surface area contributed by atoms with E-state index in [0.717, 1.165) is 5.56 Å². The second-order valence-corrected chi connectivity index (χ2v) is 3.14. The molecule has 0 aliphatic carbocycles. The predicted octanol–water partition coefficient (Wildman–Crippen LogP) is 1.82. The molecule has 2 aromatic rings. The second-order valence-electron chi connectivity index (χ2n) is 3.14. The standard InChI is InChI=1S/C10H12N4.2ClH/c11-10(8-14-7-6-12-13-14)9-4-2-1-3-5-9;;/h1-7,10H,8,11H2;2*1H. The first-order chi connectivity index (χ1) is 6.86. The van der Waals surface area contributed by atoms with Crippen molar-refractivity contribution in [3.8, 4) is 0 Å². The molecule has 88 valence electrons. The van der Waals surface area contributed by atoms with Crippen molar-refractivity contribution in [2.24, 2.45) is 5.73 Å². The zero-order valence-electron chi connectivity index (χ0n) is 8.56. The quantitative estimate of drug-likeness (QED) is 0.916. The van der Waals surface area contributed by atoms with Crippen LogP contribution in [-0.2, 0) is 6.54 Å². The Morgan fingerprint density at radius 2 is 1.88 bits per heavy atom. The van der Waals surface area contributed by atoms with Crippen molar-refractivity contribution >= 4 is 24.8 Å². The highest BCUT2D eigenvalue weighted by molar-refractivity contribution is 5.85. The lowest BCUT2D eigenvalue weighted by atomic mass is 10.1. The van der Waals surface area contributed by atoms with Crippen molar-refractivity contribution < 1.29 is 0 Å². The molecule has 1 unspecified atom stereocenters. The second kappa shape index (κ2) is 7.22. The third-order valence-corrected chi connectivity index (χ3v) is 2.08. The molecule has 4 nitrogen and oxygen atoms in total. The minimum Gasteiger partial charge on any atom is -0.322 e. The van der Waals surface area contributed by atoms with Crippen molar-refractivity contribution in [2.75, 3.05) is 0 Å². The van der Waals surface area contributed by atoms with Gasteiger partial charge in [0.15, 0.2) is 0 Å². The van der Waals surface area contributed by atoms with Crippen LogP contribution in [0.3, 0.4) is 0 Å². The van der Waals surface area contributed by atoms with Crippen LogP contribution < -0.4 is 5.73 Å². The highest BCUT2D eigenvalue weighted by Crippen LogP contribution is 2.10. The maximum Gasteiger partial charge on any atom is 0.0692 e. The Balaban J connectivity index is 0.00000112. The van der Waals surface area contributed by atoms with Crippen molar-refractivity contribution in [1.82, 2.24) is 15.0 Å². The molecule has 0 amide bonds. The van der Waals surface area contributed by atoms with Gasteiger partial charge in [0.05, 0.1) is 12.7 Å². The van der Waals surface area contributed by atoms with Gasteiger partial charge >= 0.3 is 0 Å². The summed E-state index contributed by atoms with van der Waals surface area (Å²) in [6.07, 6.45) is 3.46. The Bertz CT molecular complexity index is 377. The number of nitrogens with two attached hydrogens (primary N) is 1. The highest BCUT2D eigenvalue weighted by Gasteiger charge is 2.05. The predicted molar refractivity (Wildman–Crippen MR) is 67.9 cm³/mol. The van der Waals surface area contributed by atoms with Crippen LogP contribution in [0.1, 0.15) is 11.6 Å². The van der Waals surface area contributed by atoms with Crippen LogP contribution in [0.2, 0.25) is 0 Å². The number of aromatic nitrogens is 3. The van der Waals surface area contributed by atoms with E-state index in [-0.39, 0.29) is 30.9 Å². The topological polar surface area (TPSA) is 56.7 Å². The van der Waals surface area contributed by atoms with Gasteiger partial charge in [0.2, 0.25) is 0 Å². The summed E-state index contributed by atoms with van der Waals surface area (Å²) in [5, 5.41) is 7.59. The van der Waals surface area contributed by atoms with E-state index >= 15 is 0 Å². The Hall–Kier alpha value is -1.10. The lowest BCUT2D eigenvalue weighted by molar-refractivity contribution is 0.513. The van der Waals surface area contributed by atoms with E-state index in [1.807, 2.05) is 36.5 Å². The van der Waals surface area contributed by atoms with E-state index in [1.165, 1.54) is 0 Å². The highest BCUT2D eigenvalue weighted by atomic mass is 35.5. The van der Waals surface area contributed by atoms with E-state index in [9.17, 15) is 0 Å². The molecule has 6 heteroatoms. The summed E-state index contributed by atoms with van der Waals surface area (Å²) >= 11 is 0. The van der Waals surface area contributed by atoms with Gasteiger partial charge in [-0.1, -0.05) is 35.5 Å². The summed E-state index contributed by atoms with van der Waals surface area (Å²) in [7, 11) is 0. The van der Waals surface area contributed by atoms with Crippen LogP contribution in [0.25, 0.3) is 0 Å². The normalized spacial score (nSPS) is 11.1. The summed E-state index contributed by atoms with van der Waals surface area (Å²) in [5.74, 6) is 0. The molecule has 16 heavy (non-hydrogen) atoms. The maximum atomic E-state index is 6.00. The first-order valence-electron chi connectivity index (χ1n) is 4.51. The van der Waals surface area contributed by atoms with E-state index in [0.29, 0.717) is 6.54 Å². The molecular weight excluding hydrogens is 247 g/mol. The van der Waals surface area contributed by atoms with Crippen LogP contribution in [0.4, 0.5) is 0 Å². The molecule has 0 bridgehead atoms. The summed E-state index contributed by atoms with van der Waals surface area (Å²) in [4.78, 5) is 0. The molecule has 0 aliphatic heterocycles. The molecule has 1 aromatic heterocycles. The van der Waals surface area contributed by atoms with Gasteiger partial charge in [-0.3, -0.25) is 4.68 Å². The summed E-state index contributed by atoms with van der Waals surface area (Å²) in [6, 6.07) is 9.94. The number of rotatable bonds is 3. The fourth-order valence-electron chi connectivity index (χ4n) is 1.34. The fraction of sp³-hybridized carbons (Fsp3) is 0.200. The van der Waals surface area contributed by atoms with Gasteiger partial charge in [0, 0.05) is 12.2 Å². The number of hydrogen-bond acceptors (Lipinski definition) is 3. The number of halogens is 2. The largest absolute Gasteiger partial charge is 0.322 e. The van der Waals surface area contributed by atoms with Crippen LogP contribution in [0.5, 0.6) is 0 Å². The lowest BCUT2D eigenvalue weighted by Crippen LogP contribution is -2.17. The third-order valence-electron chi connectivity index (χ3n) is 2.08. The zero-order valence-corrected chi connectivity index (χ0v) is 10.2. The average Bonchev–Trinajstić information content (AvgIpc) is 2.72. The van der Waals surface area contributed by atoms with Crippen LogP contribution >= 0.6 is 24.8 Å².